The van der Waals surface area contributed by atoms with Gasteiger partial charge in [-0.3, -0.25) is 10.2 Å². The van der Waals surface area contributed by atoms with Crippen LogP contribution in [0.1, 0.15) is 20.8 Å². The average Bonchev–Trinajstić information content (AvgIpc) is 2.51. The van der Waals surface area contributed by atoms with Gasteiger partial charge in [0.05, 0.1) is 46.2 Å². The minimum Gasteiger partial charge on any atom is -0.443 e. The van der Waals surface area contributed by atoms with Crippen molar-refractivity contribution < 1.29 is 28.5 Å². The third kappa shape index (κ3) is 18.7. The second-order valence-corrected chi connectivity index (χ2v) is 5.96. The highest BCUT2D eigenvalue weighted by molar-refractivity contribution is 5.78. The average molecular weight is 364 g/mol. The maximum Gasteiger partial charge on any atom is 0.422 e. The molecule has 0 aromatic heterocycles. The molecule has 10 heteroatoms. The Balaban J connectivity index is 3.35. The lowest BCUT2D eigenvalue weighted by Gasteiger charge is -2.19. The van der Waals surface area contributed by atoms with Gasteiger partial charge >= 0.3 is 6.09 Å². The van der Waals surface area contributed by atoms with Crippen LogP contribution in [0.25, 0.3) is 0 Å². The molecule has 0 atom stereocenters. The molecule has 0 spiro atoms. The standard InChI is InChI=1S/C15H32N4O6/c1-15(2,3)25-14(21)19-18-12-13(20)17-5-7-23-9-11-24-10-8-22-6-4-16/h18H,4-12,16H2,1-3H3,(H,17,20)(H,19,21). The van der Waals surface area contributed by atoms with E-state index in [9.17, 15) is 9.59 Å². The fourth-order valence-electron chi connectivity index (χ4n) is 1.45. The van der Waals surface area contributed by atoms with Crippen molar-refractivity contribution in [2.75, 3.05) is 59.3 Å². The Kier molecular flexibility index (Phi) is 14.0. The summed E-state index contributed by atoms with van der Waals surface area (Å²) in [7, 11) is 0. The largest absolute Gasteiger partial charge is 0.443 e. The topological polar surface area (TPSA) is 133 Å². The molecule has 0 unspecified atom stereocenters. The fourth-order valence-corrected chi connectivity index (χ4v) is 1.45. The minimum absolute atomic E-state index is 0.0643. The number of amides is 2. The molecule has 0 radical (unpaired) electrons. The molecule has 10 nitrogen and oxygen atoms in total. The van der Waals surface area contributed by atoms with Crippen molar-refractivity contribution >= 4 is 12.0 Å². The number of carbonyl (C=O) groups excluding carboxylic acids is 2. The first-order chi connectivity index (χ1) is 11.8. The lowest BCUT2D eigenvalue weighted by molar-refractivity contribution is -0.120. The summed E-state index contributed by atoms with van der Waals surface area (Å²) in [5.41, 5.74) is 9.44. The van der Waals surface area contributed by atoms with Gasteiger partial charge in [-0.2, -0.15) is 0 Å². The summed E-state index contributed by atoms with van der Waals surface area (Å²) in [6.45, 7) is 8.86. The maximum atomic E-state index is 11.5. The molecular formula is C15H32N4O6. The zero-order chi connectivity index (χ0) is 19.0. The number of hydrogen-bond acceptors (Lipinski definition) is 8. The van der Waals surface area contributed by atoms with Crippen LogP contribution in [0, 0.1) is 0 Å². The van der Waals surface area contributed by atoms with Crippen LogP contribution in [0.2, 0.25) is 0 Å². The highest BCUT2D eigenvalue weighted by Crippen LogP contribution is 2.05. The number of nitrogens with one attached hydrogen (secondary N) is 3. The van der Waals surface area contributed by atoms with Gasteiger partial charge in [0.1, 0.15) is 5.60 Å². The van der Waals surface area contributed by atoms with Crippen molar-refractivity contribution in [2.24, 2.45) is 5.73 Å². The predicted molar refractivity (Wildman–Crippen MR) is 91.9 cm³/mol. The molecule has 2 amide bonds. The van der Waals surface area contributed by atoms with E-state index in [1.54, 1.807) is 20.8 Å². The van der Waals surface area contributed by atoms with Crippen LogP contribution >= 0.6 is 0 Å². The maximum absolute atomic E-state index is 11.5. The molecule has 0 aliphatic carbocycles. The molecule has 0 fully saturated rings. The molecule has 0 bridgehead atoms. The van der Waals surface area contributed by atoms with E-state index in [2.05, 4.69) is 16.2 Å². The summed E-state index contributed by atoms with van der Waals surface area (Å²) in [6, 6.07) is 0. The van der Waals surface area contributed by atoms with Crippen molar-refractivity contribution in [3.63, 3.8) is 0 Å². The molecule has 0 aliphatic heterocycles. The Hall–Kier alpha value is -1.46. The Morgan fingerprint density at radius 1 is 0.920 bits per heavy atom. The summed E-state index contributed by atoms with van der Waals surface area (Å²) in [5, 5.41) is 2.64. The van der Waals surface area contributed by atoms with Crippen molar-refractivity contribution in [1.82, 2.24) is 16.2 Å². The molecule has 148 valence electrons. The molecule has 0 heterocycles. The first-order valence-corrected chi connectivity index (χ1v) is 8.27. The van der Waals surface area contributed by atoms with Gasteiger partial charge in [-0.25, -0.2) is 10.2 Å². The van der Waals surface area contributed by atoms with Crippen LogP contribution < -0.4 is 21.9 Å². The first kappa shape index (κ1) is 23.5. The van der Waals surface area contributed by atoms with Crippen molar-refractivity contribution in [1.29, 1.82) is 0 Å². The second-order valence-electron chi connectivity index (χ2n) is 5.96. The number of carbonyl (C=O) groups is 2. The highest BCUT2D eigenvalue weighted by atomic mass is 16.6. The quantitative estimate of drug-likeness (QED) is 0.231. The molecule has 0 aromatic rings. The minimum atomic E-state index is -0.642. The molecule has 25 heavy (non-hydrogen) atoms. The Morgan fingerprint density at radius 2 is 1.48 bits per heavy atom. The van der Waals surface area contributed by atoms with Crippen LogP contribution in [0.15, 0.2) is 0 Å². The monoisotopic (exact) mass is 364 g/mol. The Bertz CT molecular complexity index is 362. The van der Waals surface area contributed by atoms with E-state index in [0.29, 0.717) is 52.7 Å². The fraction of sp³-hybridized carbons (Fsp3) is 0.867. The lowest BCUT2D eigenvalue weighted by atomic mass is 10.2. The van der Waals surface area contributed by atoms with E-state index in [-0.39, 0.29) is 12.5 Å². The summed E-state index contributed by atoms with van der Waals surface area (Å²) < 4.78 is 20.7. The van der Waals surface area contributed by atoms with Crippen LogP contribution in [-0.4, -0.2) is 76.9 Å². The predicted octanol–water partition coefficient (Wildman–Crippen LogP) is -0.860. The zero-order valence-electron chi connectivity index (χ0n) is 15.4. The van der Waals surface area contributed by atoms with Gasteiger partial charge in [-0.05, 0) is 20.8 Å². The Morgan fingerprint density at radius 3 is 2.04 bits per heavy atom. The van der Waals surface area contributed by atoms with Gasteiger partial charge in [0, 0.05) is 13.1 Å². The second kappa shape index (κ2) is 14.8. The van der Waals surface area contributed by atoms with Crippen LogP contribution in [0.3, 0.4) is 0 Å². The van der Waals surface area contributed by atoms with Crippen LogP contribution in [0.5, 0.6) is 0 Å². The number of hydrogen-bond donors (Lipinski definition) is 4. The number of nitrogens with two attached hydrogens (primary N) is 1. The van der Waals surface area contributed by atoms with Crippen LogP contribution in [-0.2, 0) is 23.7 Å². The molecule has 0 aliphatic rings. The molecule has 0 saturated heterocycles. The van der Waals surface area contributed by atoms with Gasteiger partial charge in [-0.15, -0.1) is 0 Å². The van der Waals surface area contributed by atoms with Gasteiger partial charge in [-0.1, -0.05) is 0 Å². The molecule has 0 rings (SSSR count). The van der Waals surface area contributed by atoms with E-state index in [1.165, 1.54) is 0 Å². The smallest absolute Gasteiger partial charge is 0.422 e. The third-order valence-electron chi connectivity index (χ3n) is 2.41. The Labute approximate surface area is 149 Å². The molecule has 5 N–H and O–H groups in total. The van der Waals surface area contributed by atoms with Crippen LogP contribution in [0.4, 0.5) is 4.79 Å². The first-order valence-electron chi connectivity index (χ1n) is 8.27. The number of hydrazine groups is 1. The van der Waals surface area contributed by atoms with E-state index in [4.69, 9.17) is 24.7 Å². The lowest BCUT2D eigenvalue weighted by Crippen LogP contribution is -2.46. The summed E-state index contributed by atoms with van der Waals surface area (Å²) in [6.07, 6.45) is -0.642. The van der Waals surface area contributed by atoms with Gasteiger partial charge in [0.25, 0.3) is 0 Å². The molecule has 0 aromatic carbocycles. The van der Waals surface area contributed by atoms with E-state index in [1.807, 2.05) is 0 Å². The highest BCUT2D eigenvalue weighted by Gasteiger charge is 2.15. The van der Waals surface area contributed by atoms with Gasteiger partial charge < -0.3 is 30.0 Å². The summed E-state index contributed by atoms with van der Waals surface area (Å²) >= 11 is 0. The summed E-state index contributed by atoms with van der Waals surface area (Å²) in [5.74, 6) is -0.270. The van der Waals surface area contributed by atoms with Crippen molar-refractivity contribution in [2.45, 2.75) is 26.4 Å². The normalized spacial score (nSPS) is 11.2. The van der Waals surface area contributed by atoms with E-state index in [0.717, 1.165) is 0 Å². The van der Waals surface area contributed by atoms with Gasteiger partial charge in [0.2, 0.25) is 5.91 Å². The van der Waals surface area contributed by atoms with E-state index < -0.39 is 11.7 Å². The zero-order valence-corrected chi connectivity index (χ0v) is 15.4. The van der Waals surface area contributed by atoms with Crippen molar-refractivity contribution in [3.05, 3.63) is 0 Å². The SMILES string of the molecule is CC(C)(C)OC(=O)NNCC(=O)NCCOCCOCCOCCN. The van der Waals surface area contributed by atoms with Gasteiger partial charge in [0.15, 0.2) is 0 Å². The summed E-state index contributed by atoms with van der Waals surface area (Å²) in [4.78, 5) is 22.8. The van der Waals surface area contributed by atoms with E-state index >= 15 is 0 Å². The molecule has 0 saturated carbocycles. The third-order valence-corrected chi connectivity index (χ3v) is 2.41. The van der Waals surface area contributed by atoms with Crippen molar-refractivity contribution in [3.8, 4) is 0 Å². The number of rotatable bonds is 14. The molecular weight excluding hydrogens is 332 g/mol. The number of ether oxygens (including phenoxy) is 4.